The highest BCUT2D eigenvalue weighted by atomic mass is 19.4. The Kier molecular flexibility index (Phi) is 3.94. The van der Waals surface area contributed by atoms with Crippen molar-refractivity contribution in [2.45, 2.75) is 24.6 Å². The van der Waals surface area contributed by atoms with Crippen molar-refractivity contribution in [2.24, 2.45) is 0 Å². The van der Waals surface area contributed by atoms with Gasteiger partial charge in [0, 0.05) is 0 Å². The third-order valence-corrected chi connectivity index (χ3v) is 1.45. The summed E-state index contributed by atoms with van der Waals surface area (Å²) in [6.45, 7) is 0. The van der Waals surface area contributed by atoms with Crippen molar-refractivity contribution in [2.75, 3.05) is 0 Å². The second kappa shape index (κ2) is 4.20. The second-order valence-corrected chi connectivity index (χ2v) is 2.66. The molecule has 0 rings (SSSR count). The van der Waals surface area contributed by atoms with Crippen molar-refractivity contribution in [1.29, 1.82) is 0 Å². The highest BCUT2D eigenvalue weighted by molar-refractivity contribution is 5.79. The van der Waals surface area contributed by atoms with Gasteiger partial charge >= 0.3 is 30.6 Å². The van der Waals surface area contributed by atoms with Crippen LogP contribution in [0.4, 0.5) is 48.3 Å². The molecule has 1 unspecified atom stereocenters. The highest BCUT2D eigenvalue weighted by Crippen LogP contribution is 2.48. The average Bonchev–Trinajstić information content (AvgIpc) is 1.94. The van der Waals surface area contributed by atoms with E-state index in [1.165, 1.54) is 0 Å². The van der Waals surface area contributed by atoms with Crippen molar-refractivity contribution in [3.8, 4) is 0 Å². The van der Waals surface area contributed by atoms with E-state index in [0.717, 1.165) is 0 Å². The lowest BCUT2D eigenvalue weighted by atomic mass is 10.2. The fraction of sp³-hybridized carbons (Fsp3) is 0.800. The third kappa shape index (κ3) is 2.81. The maximum Gasteiger partial charge on any atom is 0.470 e. The van der Waals surface area contributed by atoms with E-state index in [4.69, 9.17) is 0 Å². The van der Waals surface area contributed by atoms with Crippen LogP contribution in [0.5, 0.6) is 0 Å². The summed E-state index contributed by atoms with van der Waals surface area (Å²) in [5, 5.41) is 0. The van der Waals surface area contributed by atoms with Gasteiger partial charge in [0.15, 0.2) is 0 Å². The van der Waals surface area contributed by atoms with Gasteiger partial charge in [-0.05, 0) is 0 Å². The van der Waals surface area contributed by atoms with E-state index in [1.807, 2.05) is 0 Å². The van der Waals surface area contributed by atoms with Crippen LogP contribution in [0.3, 0.4) is 0 Å². The number of rotatable bonds is 2. The minimum Gasteiger partial charge on any atom is -0.255 e. The summed E-state index contributed by atoms with van der Waals surface area (Å²) in [5.41, 5.74) is 0. The monoisotopic (exact) mass is 299 g/mol. The molecule has 0 bridgehead atoms. The maximum absolute atomic E-state index is 12.7. The van der Waals surface area contributed by atoms with Crippen LogP contribution in [0.2, 0.25) is 0 Å². The van der Waals surface area contributed by atoms with E-state index in [2.05, 4.69) is 0 Å². The Balaban J connectivity index is 6.09. The number of halogens is 11. The van der Waals surface area contributed by atoms with Crippen LogP contribution in [-0.4, -0.2) is 35.5 Å². The van der Waals surface area contributed by atoms with E-state index < -0.39 is 35.5 Å². The smallest absolute Gasteiger partial charge is 0.255 e. The molecule has 0 amide bonds. The first-order valence-corrected chi connectivity index (χ1v) is 3.45. The lowest BCUT2D eigenvalue weighted by Gasteiger charge is -2.36. The molecule has 2 nitrogen and oxygen atoms in total. The minimum absolute atomic E-state index is 3.80. The van der Waals surface area contributed by atoms with E-state index in [9.17, 15) is 53.1 Å². The fourth-order valence-corrected chi connectivity index (χ4v) is 0.819. The zero-order valence-corrected chi connectivity index (χ0v) is 7.51. The highest BCUT2D eigenvalue weighted by Gasteiger charge is 2.78. The van der Waals surface area contributed by atoms with Crippen LogP contribution in [-0.2, 0) is 4.79 Å². The molecule has 0 saturated heterocycles. The first-order valence-electron chi connectivity index (χ1n) is 3.45. The topological polar surface area (TPSA) is 20.3 Å². The van der Waals surface area contributed by atoms with E-state index >= 15 is 0 Å². The van der Waals surface area contributed by atoms with Crippen LogP contribution in [0, 0.1) is 0 Å². The number of nitrogens with zero attached hydrogens (tertiary/aromatic N) is 1. The number of carbonyl (C=O) groups excluding carboxylic acids is 1. The molecule has 0 aromatic carbocycles. The number of hydrogen-bond donors (Lipinski definition) is 0. The molecule has 0 aromatic rings. The van der Waals surface area contributed by atoms with Crippen molar-refractivity contribution in [1.82, 2.24) is 4.90 Å². The number of hydrogen-bond acceptors (Lipinski definition) is 2. The molecule has 13 heteroatoms. The predicted octanol–water partition coefficient (Wildman–Crippen LogP) is 3.05. The Labute approximate surface area is 89.9 Å². The third-order valence-electron chi connectivity index (χ3n) is 1.45. The van der Waals surface area contributed by atoms with Crippen LogP contribution in [0.15, 0.2) is 0 Å². The minimum atomic E-state index is -7.09. The van der Waals surface area contributed by atoms with Crippen LogP contribution < -0.4 is 0 Å². The van der Waals surface area contributed by atoms with Crippen molar-refractivity contribution >= 4 is 6.04 Å². The average molecular weight is 299 g/mol. The van der Waals surface area contributed by atoms with Gasteiger partial charge in [-0.3, -0.25) is 4.79 Å². The van der Waals surface area contributed by atoms with Crippen LogP contribution in [0.1, 0.15) is 0 Å². The van der Waals surface area contributed by atoms with Gasteiger partial charge in [0.05, 0.1) is 0 Å². The lowest BCUT2D eigenvalue weighted by Crippen LogP contribution is -2.68. The molecule has 0 saturated carbocycles. The normalized spacial score (nSPS) is 17.8. The summed E-state index contributed by atoms with van der Waals surface area (Å²) in [6.07, 6.45) is -21.1. The van der Waals surface area contributed by atoms with Gasteiger partial charge in [0.25, 0.3) is 0 Å². The largest absolute Gasteiger partial charge is 0.470 e. The lowest BCUT2D eigenvalue weighted by molar-refractivity contribution is -0.445. The zero-order chi connectivity index (χ0) is 15.2. The standard InChI is InChI=1S/C5F11NO/c6-1(18)2(7,3(8,9)10)17(4(11,12)13)5(14,15)16. The van der Waals surface area contributed by atoms with Gasteiger partial charge in [-0.2, -0.15) is 43.9 Å². The summed E-state index contributed by atoms with van der Waals surface area (Å²) in [6, 6.07) is -4.50. The van der Waals surface area contributed by atoms with Gasteiger partial charge < -0.3 is 0 Å². The van der Waals surface area contributed by atoms with Gasteiger partial charge in [-0.15, -0.1) is 0 Å². The van der Waals surface area contributed by atoms with E-state index in [-0.39, 0.29) is 0 Å². The molecule has 18 heavy (non-hydrogen) atoms. The Morgan fingerprint density at radius 3 is 1.06 bits per heavy atom. The molecular formula is C5F11NO. The molecule has 1 atom stereocenters. The molecule has 0 aliphatic rings. The number of alkyl halides is 10. The second-order valence-electron chi connectivity index (χ2n) is 2.66. The summed E-state index contributed by atoms with van der Waals surface area (Å²) in [4.78, 5) is 5.85. The molecule has 0 fully saturated rings. The zero-order valence-electron chi connectivity index (χ0n) is 7.51. The summed E-state index contributed by atoms with van der Waals surface area (Å²) >= 11 is 0. The molecule has 0 N–H and O–H groups in total. The first kappa shape index (κ1) is 16.9. The number of carbonyl (C=O) groups is 1. The maximum atomic E-state index is 12.7. The molecule has 0 spiro atoms. The molecule has 0 aliphatic carbocycles. The quantitative estimate of drug-likeness (QED) is 0.444. The Bertz CT molecular complexity index is 312. The molecule has 0 aliphatic heterocycles. The van der Waals surface area contributed by atoms with Gasteiger partial charge in [-0.25, -0.2) is 4.39 Å². The van der Waals surface area contributed by atoms with Crippen molar-refractivity contribution in [3.05, 3.63) is 0 Å². The first-order chi connectivity index (χ1) is 7.56. The Morgan fingerprint density at radius 2 is 1.00 bits per heavy atom. The molecule has 0 heterocycles. The van der Waals surface area contributed by atoms with Gasteiger partial charge in [-0.1, -0.05) is 4.90 Å². The molecule has 0 radical (unpaired) electrons. The SMILES string of the molecule is O=C(F)C(F)(N(C(F)(F)F)C(F)(F)F)C(F)(F)F. The van der Waals surface area contributed by atoms with Gasteiger partial charge in [0.1, 0.15) is 0 Å². The summed E-state index contributed by atoms with van der Waals surface area (Å²) < 4.78 is 130. The Hall–Kier alpha value is -1.14. The van der Waals surface area contributed by atoms with Crippen molar-refractivity contribution in [3.63, 3.8) is 0 Å². The fourth-order valence-electron chi connectivity index (χ4n) is 0.819. The summed E-state index contributed by atoms with van der Waals surface area (Å²) in [7, 11) is 0. The molecule has 108 valence electrons. The Morgan fingerprint density at radius 1 is 0.722 bits per heavy atom. The predicted molar refractivity (Wildman–Crippen MR) is 30.0 cm³/mol. The van der Waals surface area contributed by atoms with Crippen LogP contribution >= 0.6 is 0 Å². The van der Waals surface area contributed by atoms with Crippen LogP contribution in [0.25, 0.3) is 0 Å². The van der Waals surface area contributed by atoms with Crippen molar-refractivity contribution < 1.29 is 53.1 Å². The van der Waals surface area contributed by atoms with Gasteiger partial charge in [0.2, 0.25) is 0 Å². The molecule has 0 aromatic heterocycles. The van der Waals surface area contributed by atoms with E-state index in [1.54, 1.807) is 0 Å². The van der Waals surface area contributed by atoms with E-state index in [0.29, 0.717) is 0 Å². The summed E-state index contributed by atoms with van der Waals surface area (Å²) in [5.74, 6) is -6.90. The molecular weight excluding hydrogens is 299 g/mol.